The average molecular weight is 364 g/mol. The summed E-state index contributed by atoms with van der Waals surface area (Å²) < 4.78 is 10.1. The molecule has 7 nitrogen and oxygen atoms in total. The van der Waals surface area contributed by atoms with Gasteiger partial charge in [0.15, 0.2) is 0 Å². The monoisotopic (exact) mass is 364 g/mol. The Kier molecular flexibility index (Phi) is 5.51. The van der Waals surface area contributed by atoms with Gasteiger partial charge in [-0.3, -0.25) is 0 Å². The standard InChI is InChI=1S/C20H20N4O3/c1-13-11-18(22-15-8-6-7-14(12-15)19(25)27-3)24-20(21-13)23-16-9-4-5-10-17(16)26-2/h4-12H,1-3H3,(H2,21,22,23,24). The lowest BCUT2D eigenvalue weighted by atomic mass is 10.2. The second-order valence-corrected chi connectivity index (χ2v) is 5.74. The van der Waals surface area contributed by atoms with Gasteiger partial charge in [0.2, 0.25) is 5.95 Å². The van der Waals surface area contributed by atoms with E-state index in [9.17, 15) is 4.79 Å². The highest BCUT2D eigenvalue weighted by molar-refractivity contribution is 5.90. The van der Waals surface area contributed by atoms with E-state index in [1.165, 1.54) is 7.11 Å². The van der Waals surface area contributed by atoms with Crippen molar-refractivity contribution in [3.05, 3.63) is 65.9 Å². The molecule has 138 valence electrons. The first-order valence-corrected chi connectivity index (χ1v) is 8.30. The summed E-state index contributed by atoms with van der Waals surface area (Å²) in [6, 6.07) is 16.4. The third kappa shape index (κ3) is 4.52. The Bertz CT molecular complexity index is 959. The van der Waals surface area contributed by atoms with E-state index in [2.05, 4.69) is 20.6 Å². The van der Waals surface area contributed by atoms with Gasteiger partial charge in [-0.05, 0) is 37.3 Å². The number of methoxy groups -OCH3 is 2. The summed E-state index contributed by atoms with van der Waals surface area (Å²) in [4.78, 5) is 20.6. The van der Waals surface area contributed by atoms with Crippen LogP contribution in [0.5, 0.6) is 5.75 Å². The second kappa shape index (κ2) is 8.18. The van der Waals surface area contributed by atoms with Crippen LogP contribution in [0.25, 0.3) is 0 Å². The number of aromatic nitrogens is 2. The van der Waals surface area contributed by atoms with Gasteiger partial charge < -0.3 is 20.1 Å². The van der Waals surface area contributed by atoms with Crippen molar-refractivity contribution in [2.45, 2.75) is 6.92 Å². The van der Waals surface area contributed by atoms with Crippen molar-refractivity contribution in [3.8, 4) is 5.75 Å². The largest absolute Gasteiger partial charge is 0.495 e. The molecule has 0 aliphatic rings. The maximum absolute atomic E-state index is 11.7. The summed E-state index contributed by atoms with van der Waals surface area (Å²) in [6.07, 6.45) is 0. The minimum absolute atomic E-state index is 0.393. The van der Waals surface area contributed by atoms with Gasteiger partial charge in [0.05, 0.1) is 25.5 Å². The zero-order valence-corrected chi connectivity index (χ0v) is 15.3. The Labute approximate surface area is 157 Å². The maximum atomic E-state index is 11.7. The second-order valence-electron chi connectivity index (χ2n) is 5.74. The fraction of sp³-hybridized carbons (Fsp3) is 0.150. The SMILES string of the molecule is COC(=O)c1cccc(Nc2cc(C)nc(Nc3ccccc3OC)n2)c1. The van der Waals surface area contributed by atoms with Crippen LogP contribution in [-0.4, -0.2) is 30.2 Å². The summed E-state index contributed by atoms with van der Waals surface area (Å²) in [5.74, 6) is 1.34. The van der Waals surface area contributed by atoms with Crippen LogP contribution in [-0.2, 0) is 4.74 Å². The smallest absolute Gasteiger partial charge is 0.337 e. The normalized spacial score (nSPS) is 10.2. The molecular weight excluding hydrogens is 344 g/mol. The predicted octanol–water partition coefficient (Wildman–Crippen LogP) is 4.07. The lowest BCUT2D eigenvalue weighted by Gasteiger charge is -2.12. The molecule has 0 atom stereocenters. The van der Waals surface area contributed by atoms with Crippen LogP contribution in [0.4, 0.5) is 23.1 Å². The predicted molar refractivity (Wildman–Crippen MR) is 104 cm³/mol. The van der Waals surface area contributed by atoms with Crippen LogP contribution in [0.1, 0.15) is 16.1 Å². The van der Waals surface area contributed by atoms with Crippen molar-refractivity contribution in [3.63, 3.8) is 0 Å². The Hall–Kier alpha value is -3.61. The van der Waals surface area contributed by atoms with Crippen molar-refractivity contribution in [2.75, 3.05) is 24.9 Å². The first kappa shape index (κ1) is 18.2. The van der Waals surface area contributed by atoms with Crippen LogP contribution >= 0.6 is 0 Å². The number of nitrogens with zero attached hydrogens (tertiary/aromatic N) is 2. The quantitative estimate of drug-likeness (QED) is 0.638. The van der Waals surface area contributed by atoms with Crippen LogP contribution in [0.15, 0.2) is 54.6 Å². The number of hydrogen-bond donors (Lipinski definition) is 2. The van der Waals surface area contributed by atoms with Crippen molar-refractivity contribution in [1.29, 1.82) is 0 Å². The van der Waals surface area contributed by atoms with Crippen LogP contribution in [0.2, 0.25) is 0 Å². The van der Waals surface area contributed by atoms with E-state index in [1.807, 2.05) is 43.3 Å². The fourth-order valence-corrected chi connectivity index (χ4v) is 2.55. The first-order valence-electron chi connectivity index (χ1n) is 8.30. The minimum Gasteiger partial charge on any atom is -0.495 e. The summed E-state index contributed by atoms with van der Waals surface area (Å²) in [5.41, 5.74) is 2.73. The third-order valence-electron chi connectivity index (χ3n) is 3.76. The molecule has 3 aromatic rings. The van der Waals surface area contributed by atoms with Crippen molar-refractivity contribution < 1.29 is 14.3 Å². The zero-order valence-electron chi connectivity index (χ0n) is 15.3. The van der Waals surface area contributed by atoms with Crippen LogP contribution < -0.4 is 15.4 Å². The molecule has 0 saturated carbocycles. The van der Waals surface area contributed by atoms with Crippen molar-refractivity contribution in [2.24, 2.45) is 0 Å². The molecule has 0 fully saturated rings. The van der Waals surface area contributed by atoms with E-state index in [0.717, 1.165) is 17.1 Å². The molecule has 27 heavy (non-hydrogen) atoms. The molecule has 3 rings (SSSR count). The van der Waals surface area contributed by atoms with E-state index < -0.39 is 5.97 Å². The van der Waals surface area contributed by atoms with E-state index in [0.29, 0.717) is 23.1 Å². The highest BCUT2D eigenvalue weighted by Crippen LogP contribution is 2.26. The number of nitrogens with one attached hydrogen (secondary N) is 2. The molecule has 0 amide bonds. The van der Waals surface area contributed by atoms with Gasteiger partial charge in [-0.2, -0.15) is 4.98 Å². The number of anilines is 4. The third-order valence-corrected chi connectivity index (χ3v) is 3.76. The molecule has 0 bridgehead atoms. The summed E-state index contributed by atoms with van der Waals surface area (Å²) in [7, 11) is 2.96. The molecule has 2 aromatic carbocycles. The van der Waals surface area contributed by atoms with Gasteiger partial charge in [-0.15, -0.1) is 0 Å². The molecule has 0 saturated heterocycles. The number of esters is 1. The molecule has 0 aliphatic carbocycles. The topological polar surface area (TPSA) is 85.4 Å². The van der Waals surface area contributed by atoms with E-state index in [1.54, 1.807) is 25.3 Å². The molecule has 0 radical (unpaired) electrons. The van der Waals surface area contributed by atoms with E-state index in [4.69, 9.17) is 9.47 Å². The molecule has 0 unspecified atom stereocenters. The number of aryl methyl sites for hydroxylation is 1. The van der Waals surface area contributed by atoms with Gasteiger partial charge in [0.1, 0.15) is 11.6 Å². The first-order chi connectivity index (χ1) is 13.1. The van der Waals surface area contributed by atoms with Crippen molar-refractivity contribution in [1.82, 2.24) is 9.97 Å². The lowest BCUT2D eigenvalue weighted by Crippen LogP contribution is -2.04. The molecule has 1 aromatic heterocycles. The van der Waals surface area contributed by atoms with Crippen LogP contribution in [0, 0.1) is 6.92 Å². The molecule has 0 aliphatic heterocycles. The molecule has 0 spiro atoms. The van der Waals surface area contributed by atoms with Crippen LogP contribution in [0.3, 0.4) is 0 Å². The number of carbonyl (C=O) groups is 1. The average Bonchev–Trinajstić information content (AvgIpc) is 2.67. The Morgan fingerprint density at radius 2 is 1.78 bits per heavy atom. The minimum atomic E-state index is -0.393. The zero-order chi connectivity index (χ0) is 19.2. The van der Waals surface area contributed by atoms with Gasteiger partial charge >= 0.3 is 5.97 Å². The van der Waals surface area contributed by atoms with E-state index in [-0.39, 0.29) is 0 Å². The summed E-state index contributed by atoms with van der Waals surface area (Å²) >= 11 is 0. The number of rotatable bonds is 6. The number of ether oxygens (including phenoxy) is 2. The lowest BCUT2D eigenvalue weighted by molar-refractivity contribution is 0.0601. The highest BCUT2D eigenvalue weighted by Gasteiger charge is 2.09. The van der Waals surface area contributed by atoms with Gasteiger partial charge in [0.25, 0.3) is 0 Å². The van der Waals surface area contributed by atoms with Gasteiger partial charge in [-0.1, -0.05) is 18.2 Å². The number of hydrogen-bond acceptors (Lipinski definition) is 7. The summed E-state index contributed by atoms with van der Waals surface area (Å²) in [6.45, 7) is 1.88. The number of para-hydroxylation sites is 2. The molecular formula is C20H20N4O3. The van der Waals surface area contributed by atoms with Crippen molar-refractivity contribution >= 4 is 29.1 Å². The fourth-order valence-electron chi connectivity index (χ4n) is 2.55. The Morgan fingerprint density at radius 3 is 2.56 bits per heavy atom. The Morgan fingerprint density at radius 1 is 0.963 bits per heavy atom. The Balaban J connectivity index is 1.84. The molecule has 7 heteroatoms. The van der Waals surface area contributed by atoms with Gasteiger partial charge in [0, 0.05) is 17.4 Å². The number of benzene rings is 2. The summed E-state index contributed by atoms with van der Waals surface area (Å²) in [5, 5.41) is 6.36. The highest BCUT2D eigenvalue weighted by atomic mass is 16.5. The maximum Gasteiger partial charge on any atom is 0.337 e. The van der Waals surface area contributed by atoms with Gasteiger partial charge in [-0.25, -0.2) is 9.78 Å². The molecule has 1 heterocycles. The number of carbonyl (C=O) groups excluding carboxylic acids is 1. The molecule has 2 N–H and O–H groups in total. The van der Waals surface area contributed by atoms with E-state index >= 15 is 0 Å².